The molecule has 0 amide bonds. The topological polar surface area (TPSA) is 189 Å². The van der Waals surface area contributed by atoms with Crippen molar-refractivity contribution in [3.8, 4) is 0 Å². The summed E-state index contributed by atoms with van der Waals surface area (Å²) < 4.78 is 14.5. The number of carbonyl (C=O) groups excluding carboxylic acids is 1. The Kier molecular flexibility index (Phi) is 7.87. The zero-order valence-corrected chi connectivity index (χ0v) is 14.7. The number of carbonyl (C=O) groups is 1. The zero-order chi connectivity index (χ0) is 17.3. The van der Waals surface area contributed by atoms with Crippen LogP contribution in [-0.4, -0.2) is 92.7 Å². The Balaban J connectivity index is 0.00000288. The first kappa shape index (κ1) is 21.6. The molecule has 2 rings (SSSR count). The fourth-order valence-electron chi connectivity index (χ4n) is 2.19. The largest absolute Gasteiger partial charge is 1.00 e. The third kappa shape index (κ3) is 4.02. The summed E-state index contributed by atoms with van der Waals surface area (Å²) in [6.45, 7) is -1.55. The second kappa shape index (κ2) is 8.76. The van der Waals surface area contributed by atoms with Crippen molar-refractivity contribution in [2.75, 3.05) is 13.2 Å². The van der Waals surface area contributed by atoms with E-state index in [0.29, 0.717) is 0 Å². The van der Waals surface area contributed by atoms with E-state index >= 15 is 0 Å². The Bertz CT molecular complexity index is 482. The van der Waals surface area contributed by atoms with E-state index in [4.69, 9.17) is 19.7 Å². The van der Waals surface area contributed by atoms with E-state index in [9.17, 15) is 30.3 Å². The smallest absolute Gasteiger partial charge is 0.870 e. The standard InChI is InChI=1S/C12H18O11.Na/c13-1-3(15)9-8(19)10(11(20)22-9)23-12-7(18)6(17)5(16)4(2-14)21-12;/h3-7,9,12-19H,1-2H2;/q;+1/p-1/t3-,4+,5+,6-,7+,9+,12+;/m0./s1. The number of rotatable bonds is 5. The van der Waals surface area contributed by atoms with Crippen molar-refractivity contribution >= 4 is 5.97 Å². The minimum atomic E-state index is -1.82. The van der Waals surface area contributed by atoms with Crippen molar-refractivity contribution in [1.29, 1.82) is 0 Å². The van der Waals surface area contributed by atoms with Crippen LogP contribution in [0.5, 0.6) is 0 Å². The van der Waals surface area contributed by atoms with Crippen molar-refractivity contribution in [2.24, 2.45) is 0 Å². The van der Waals surface area contributed by atoms with E-state index in [2.05, 4.69) is 4.74 Å². The fourth-order valence-corrected chi connectivity index (χ4v) is 2.19. The molecule has 132 valence electrons. The van der Waals surface area contributed by atoms with Crippen LogP contribution in [-0.2, 0) is 19.0 Å². The zero-order valence-electron chi connectivity index (χ0n) is 12.7. The monoisotopic (exact) mass is 360 g/mol. The molecule has 24 heavy (non-hydrogen) atoms. The molecule has 0 aliphatic carbocycles. The number of cyclic esters (lactones) is 1. The van der Waals surface area contributed by atoms with Crippen molar-refractivity contribution in [1.82, 2.24) is 0 Å². The second-order valence-corrected chi connectivity index (χ2v) is 5.08. The van der Waals surface area contributed by atoms with Gasteiger partial charge in [-0.05, 0) is 5.76 Å². The molecule has 6 N–H and O–H groups in total. The third-order valence-corrected chi connectivity index (χ3v) is 3.52. The van der Waals surface area contributed by atoms with E-state index in [-0.39, 0.29) is 29.6 Å². The normalized spacial score (nSPS) is 37.7. The number of ether oxygens (including phenoxy) is 3. The summed E-state index contributed by atoms with van der Waals surface area (Å²) in [7, 11) is 0. The number of aliphatic hydroxyl groups is 6. The van der Waals surface area contributed by atoms with Crippen LogP contribution in [0.1, 0.15) is 0 Å². The summed E-state index contributed by atoms with van der Waals surface area (Å²) >= 11 is 0. The molecule has 2 aliphatic rings. The van der Waals surface area contributed by atoms with Gasteiger partial charge in [0.2, 0.25) is 6.29 Å². The van der Waals surface area contributed by atoms with Gasteiger partial charge in [-0.1, -0.05) is 0 Å². The molecule has 0 unspecified atom stereocenters. The summed E-state index contributed by atoms with van der Waals surface area (Å²) in [5, 5.41) is 68.1. The Morgan fingerprint density at radius 1 is 1.17 bits per heavy atom. The fraction of sp³-hybridized carbons (Fsp3) is 0.750. The minimum absolute atomic E-state index is 0. The average molecular weight is 360 g/mol. The van der Waals surface area contributed by atoms with Gasteiger partial charge in [-0.2, -0.15) is 0 Å². The Hall–Kier alpha value is -0.470. The van der Waals surface area contributed by atoms with Crippen molar-refractivity contribution in [3.63, 3.8) is 0 Å². The molecule has 11 nitrogen and oxygen atoms in total. The van der Waals surface area contributed by atoms with Crippen LogP contribution in [0.4, 0.5) is 0 Å². The summed E-state index contributed by atoms with van der Waals surface area (Å²) in [4.78, 5) is 11.6. The van der Waals surface area contributed by atoms with Gasteiger partial charge in [0, 0.05) is 0 Å². The molecule has 1 fully saturated rings. The molecular formula is C12H17NaO11. The van der Waals surface area contributed by atoms with Gasteiger partial charge in [-0.25, -0.2) is 4.79 Å². The second-order valence-electron chi connectivity index (χ2n) is 5.08. The maximum atomic E-state index is 11.9. The maximum absolute atomic E-state index is 11.9. The van der Waals surface area contributed by atoms with Crippen LogP contribution in [0.15, 0.2) is 11.5 Å². The number of esters is 1. The van der Waals surface area contributed by atoms with E-state index in [1.165, 1.54) is 0 Å². The molecule has 0 radical (unpaired) electrons. The van der Waals surface area contributed by atoms with Crippen LogP contribution in [0.25, 0.3) is 0 Å². The molecule has 0 saturated carbocycles. The van der Waals surface area contributed by atoms with Gasteiger partial charge in [0.1, 0.15) is 36.6 Å². The van der Waals surface area contributed by atoms with Gasteiger partial charge in [0.15, 0.2) is 5.76 Å². The molecule has 0 spiro atoms. The molecule has 0 aromatic rings. The molecule has 0 bridgehead atoms. The molecule has 2 heterocycles. The van der Waals surface area contributed by atoms with Gasteiger partial charge in [0.25, 0.3) is 0 Å². The summed E-state index contributed by atoms with van der Waals surface area (Å²) in [5.41, 5.74) is 0. The maximum Gasteiger partial charge on any atom is 1.00 e. The summed E-state index contributed by atoms with van der Waals surface area (Å²) in [5.74, 6) is -3.22. The SMILES string of the molecule is O=C1O[C@H]([C@@H](O)CO)C([O-])=C1O[C@H]1O[C@H](CO)[C@@H](O)[C@H](O)[C@H]1O.[Na+]. The summed E-state index contributed by atoms with van der Waals surface area (Å²) in [6, 6.07) is 0. The van der Waals surface area contributed by atoms with Gasteiger partial charge >= 0.3 is 35.5 Å². The van der Waals surface area contributed by atoms with Crippen LogP contribution >= 0.6 is 0 Å². The first-order valence-corrected chi connectivity index (χ1v) is 6.70. The molecule has 0 aromatic heterocycles. The summed E-state index contributed by atoms with van der Waals surface area (Å²) in [6.07, 6.45) is -11.5. The van der Waals surface area contributed by atoms with Crippen LogP contribution in [0, 0.1) is 0 Å². The van der Waals surface area contributed by atoms with Crippen LogP contribution < -0.4 is 34.7 Å². The number of hydrogen-bond donors (Lipinski definition) is 6. The van der Waals surface area contributed by atoms with Crippen molar-refractivity contribution < 1.29 is 84.3 Å². The average Bonchev–Trinajstić information content (AvgIpc) is 2.82. The van der Waals surface area contributed by atoms with Crippen LogP contribution in [0.3, 0.4) is 0 Å². The first-order valence-electron chi connectivity index (χ1n) is 6.70. The van der Waals surface area contributed by atoms with Gasteiger partial charge in [0.05, 0.1) is 13.2 Å². The Labute approximate surface area is 158 Å². The molecule has 7 atom stereocenters. The molecule has 12 heteroatoms. The number of hydrogen-bond acceptors (Lipinski definition) is 11. The molecule has 1 saturated heterocycles. The van der Waals surface area contributed by atoms with Gasteiger partial charge in [-0.3, -0.25) is 0 Å². The molecule has 2 aliphatic heterocycles. The van der Waals surface area contributed by atoms with E-state index in [0.717, 1.165) is 0 Å². The van der Waals surface area contributed by atoms with Gasteiger partial charge in [-0.15, -0.1) is 0 Å². The van der Waals surface area contributed by atoms with Crippen LogP contribution in [0.2, 0.25) is 0 Å². The van der Waals surface area contributed by atoms with E-state index in [1.807, 2.05) is 0 Å². The Morgan fingerprint density at radius 2 is 1.79 bits per heavy atom. The minimum Gasteiger partial charge on any atom is -0.870 e. The Morgan fingerprint density at radius 3 is 2.33 bits per heavy atom. The predicted octanol–water partition coefficient (Wildman–Crippen LogP) is -8.34. The quantitative estimate of drug-likeness (QED) is 0.202. The van der Waals surface area contributed by atoms with Crippen molar-refractivity contribution in [2.45, 2.75) is 42.9 Å². The van der Waals surface area contributed by atoms with Gasteiger partial charge < -0.3 is 50.0 Å². The van der Waals surface area contributed by atoms with E-state index < -0.39 is 73.6 Å². The predicted molar refractivity (Wildman–Crippen MR) is 64.9 cm³/mol. The number of aliphatic hydroxyl groups excluding tert-OH is 6. The first-order chi connectivity index (χ1) is 10.8. The molecular weight excluding hydrogens is 343 g/mol. The van der Waals surface area contributed by atoms with Crippen molar-refractivity contribution in [3.05, 3.63) is 11.5 Å². The van der Waals surface area contributed by atoms with E-state index in [1.54, 1.807) is 0 Å². The third-order valence-electron chi connectivity index (χ3n) is 3.52. The molecule has 0 aromatic carbocycles.